The van der Waals surface area contributed by atoms with Gasteiger partial charge >= 0.3 is 6.03 Å². The van der Waals surface area contributed by atoms with Crippen molar-refractivity contribution in [1.82, 2.24) is 4.90 Å². The molecule has 27 heavy (non-hydrogen) atoms. The van der Waals surface area contributed by atoms with Gasteiger partial charge in [-0.25, -0.2) is 9.18 Å². The molecule has 1 unspecified atom stereocenters. The number of ether oxygens (including phenoxy) is 2. The third-order valence-electron chi connectivity index (χ3n) is 4.29. The maximum absolute atomic E-state index is 13.2. The van der Waals surface area contributed by atoms with Gasteiger partial charge in [0.2, 0.25) is 0 Å². The van der Waals surface area contributed by atoms with E-state index in [1.807, 2.05) is 0 Å². The molecule has 0 fully saturated rings. The number of amides is 2. The molecule has 140 valence electrons. The van der Waals surface area contributed by atoms with Gasteiger partial charge in [-0.05, 0) is 35.9 Å². The second kappa shape index (κ2) is 7.90. The second-order valence-corrected chi connectivity index (χ2v) is 5.93. The number of nitrogens with one attached hydrogen (secondary N) is 1. The van der Waals surface area contributed by atoms with Crippen LogP contribution in [0.5, 0.6) is 11.5 Å². The van der Waals surface area contributed by atoms with Gasteiger partial charge in [0.25, 0.3) is 0 Å². The number of carbonyl (C=O) groups is 2. The molecule has 1 N–H and O–H groups in total. The first-order valence-corrected chi connectivity index (χ1v) is 8.30. The van der Waals surface area contributed by atoms with E-state index in [-0.39, 0.29) is 18.0 Å². The van der Waals surface area contributed by atoms with Crippen molar-refractivity contribution in [3.63, 3.8) is 0 Å². The summed E-state index contributed by atoms with van der Waals surface area (Å²) in [7, 11) is 2.99. The minimum atomic E-state index is -0.528. The number of halogens is 1. The quantitative estimate of drug-likeness (QED) is 0.886. The van der Waals surface area contributed by atoms with E-state index in [0.29, 0.717) is 22.7 Å². The number of ketones is 1. The first-order chi connectivity index (χ1) is 13.0. The summed E-state index contributed by atoms with van der Waals surface area (Å²) in [6.45, 7) is 0. The Morgan fingerprint density at radius 3 is 2.56 bits per heavy atom. The van der Waals surface area contributed by atoms with Crippen molar-refractivity contribution in [3.8, 4) is 11.5 Å². The van der Waals surface area contributed by atoms with E-state index >= 15 is 0 Å². The average molecular weight is 370 g/mol. The fourth-order valence-corrected chi connectivity index (χ4v) is 2.96. The van der Waals surface area contributed by atoms with Gasteiger partial charge in [-0.3, -0.25) is 9.69 Å². The van der Waals surface area contributed by atoms with Gasteiger partial charge in [0.15, 0.2) is 17.3 Å². The highest BCUT2D eigenvalue weighted by atomic mass is 19.1. The van der Waals surface area contributed by atoms with Gasteiger partial charge in [-0.1, -0.05) is 18.2 Å². The van der Waals surface area contributed by atoms with Crippen molar-refractivity contribution in [1.29, 1.82) is 0 Å². The average Bonchev–Trinajstić information content (AvgIpc) is 2.68. The van der Waals surface area contributed by atoms with Gasteiger partial charge in [-0.2, -0.15) is 0 Å². The molecule has 7 heteroatoms. The molecule has 3 rings (SSSR count). The van der Waals surface area contributed by atoms with Gasteiger partial charge in [0, 0.05) is 12.6 Å². The zero-order valence-electron chi connectivity index (χ0n) is 14.9. The molecule has 6 nitrogen and oxygen atoms in total. The summed E-state index contributed by atoms with van der Waals surface area (Å²) in [5.74, 6) is 0.388. The third kappa shape index (κ3) is 3.92. The molecule has 1 heterocycles. The first kappa shape index (κ1) is 18.4. The Morgan fingerprint density at radius 2 is 1.89 bits per heavy atom. The van der Waals surface area contributed by atoms with Crippen LogP contribution < -0.4 is 14.8 Å². The number of methoxy groups -OCH3 is 2. The number of rotatable bonds is 4. The van der Waals surface area contributed by atoms with Crippen LogP contribution in [0.3, 0.4) is 0 Å². The van der Waals surface area contributed by atoms with Crippen LogP contribution >= 0.6 is 0 Å². The fourth-order valence-electron chi connectivity index (χ4n) is 2.96. The summed E-state index contributed by atoms with van der Waals surface area (Å²) >= 11 is 0. The van der Waals surface area contributed by atoms with Crippen molar-refractivity contribution < 1.29 is 23.5 Å². The molecule has 1 atom stereocenters. The number of carbonyl (C=O) groups excluding carboxylic acids is 2. The van der Waals surface area contributed by atoms with Crippen LogP contribution in [0.25, 0.3) is 0 Å². The summed E-state index contributed by atoms with van der Waals surface area (Å²) in [4.78, 5) is 26.2. The highest BCUT2D eigenvalue weighted by Gasteiger charge is 2.29. The summed E-state index contributed by atoms with van der Waals surface area (Å²) in [5.41, 5.74) is 1.10. The Balaban J connectivity index is 1.89. The van der Waals surface area contributed by atoms with E-state index < -0.39 is 12.1 Å². The number of nitrogens with zero attached hydrogens (tertiary/aromatic N) is 1. The SMILES string of the molecule is COc1cccc(NC(=O)N2C=CC(=O)CC2c2ccc(F)cc2)c1OC. The van der Waals surface area contributed by atoms with Gasteiger partial charge in [0.05, 0.1) is 25.9 Å². The van der Waals surface area contributed by atoms with Crippen LogP contribution in [0.2, 0.25) is 0 Å². The molecule has 2 aromatic rings. The molecule has 2 aromatic carbocycles. The molecule has 0 bridgehead atoms. The molecule has 1 aliphatic rings. The van der Waals surface area contributed by atoms with E-state index in [1.54, 1.807) is 30.3 Å². The first-order valence-electron chi connectivity index (χ1n) is 8.30. The molecule has 0 aromatic heterocycles. The smallest absolute Gasteiger partial charge is 0.326 e. The standard InChI is InChI=1S/C20H19FN2O4/c1-26-18-5-3-4-16(19(18)27-2)22-20(25)23-11-10-15(24)12-17(23)13-6-8-14(21)9-7-13/h3-11,17H,12H2,1-2H3,(H,22,25). The lowest BCUT2D eigenvalue weighted by atomic mass is 9.97. The molecular weight excluding hydrogens is 351 g/mol. The van der Waals surface area contributed by atoms with Crippen LogP contribution in [0.1, 0.15) is 18.0 Å². The van der Waals surface area contributed by atoms with Gasteiger partial charge in [-0.15, -0.1) is 0 Å². The van der Waals surface area contributed by atoms with Crippen molar-refractivity contribution in [3.05, 3.63) is 66.1 Å². The van der Waals surface area contributed by atoms with Crippen LogP contribution in [-0.2, 0) is 4.79 Å². The minimum Gasteiger partial charge on any atom is -0.493 e. The maximum atomic E-state index is 13.2. The Kier molecular flexibility index (Phi) is 5.40. The van der Waals surface area contributed by atoms with Crippen LogP contribution in [0.4, 0.5) is 14.9 Å². The zero-order valence-corrected chi connectivity index (χ0v) is 14.9. The van der Waals surface area contributed by atoms with E-state index in [4.69, 9.17) is 9.47 Å². The normalized spacial score (nSPS) is 16.2. The predicted octanol–water partition coefficient (Wildman–Crippen LogP) is 3.90. The summed E-state index contributed by atoms with van der Waals surface area (Å²) in [5, 5.41) is 2.78. The third-order valence-corrected chi connectivity index (χ3v) is 4.29. The zero-order chi connectivity index (χ0) is 19.4. The van der Waals surface area contributed by atoms with Crippen molar-refractivity contribution in [2.75, 3.05) is 19.5 Å². The Bertz CT molecular complexity index is 880. The Morgan fingerprint density at radius 1 is 1.15 bits per heavy atom. The number of hydrogen-bond acceptors (Lipinski definition) is 4. The summed E-state index contributed by atoms with van der Waals surface area (Å²) in [6.07, 6.45) is 2.90. The number of anilines is 1. The molecular formula is C20H19FN2O4. The van der Waals surface area contributed by atoms with Crippen molar-refractivity contribution >= 4 is 17.5 Å². The van der Waals surface area contributed by atoms with Crippen LogP contribution in [-0.4, -0.2) is 30.9 Å². The minimum absolute atomic E-state index is 0.104. The van der Waals surface area contributed by atoms with E-state index in [0.717, 1.165) is 0 Å². The largest absolute Gasteiger partial charge is 0.493 e. The van der Waals surface area contributed by atoms with Gasteiger partial charge < -0.3 is 14.8 Å². The lowest BCUT2D eigenvalue weighted by molar-refractivity contribution is -0.116. The highest BCUT2D eigenvalue weighted by molar-refractivity contribution is 5.96. The van der Waals surface area contributed by atoms with E-state index in [1.165, 1.54) is 43.5 Å². The Hall–Kier alpha value is -3.35. The monoisotopic (exact) mass is 370 g/mol. The van der Waals surface area contributed by atoms with Crippen LogP contribution in [0, 0.1) is 5.82 Å². The van der Waals surface area contributed by atoms with E-state index in [9.17, 15) is 14.0 Å². The molecule has 0 spiro atoms. The number of hydrogen-bond donors (Lipinski definition) is 1. The van der Waals surface area contributed by atoms with Crippen molar-refractivity contribution in [2.24, 2.45) is 0 Å². The fraction of sp³-hybridized carbons (Fsp3) is 0.200. The molecule has 0 saturated carbocycles. The van der Waals surface area contributed by atoms with E-state index in [2.05, 4.69) is 5.32 Å². The molecule has 0 aliphatic carbocycles. The summed E-state index contributed by atoms with van der Waals surface area (Å²) in [6, 6.07) is 9.90. The summed E-state index contributed by atoms with van der Waals surface area (Å²) < 4.78 is 23.8. The molecule has 2 amide bonds. The Labute approximate surface area is 156 Å². The second-order valence-electron chi connectivity index (χ2n) is 5.93. The van der Waals surface area contributed by atoms with Gasteiger partial charge in [0.1, 0.15) is 5.82 Å². The van der Waals surface area contributed by atoms with Crippen molar-refractivity contribution in [2.45, 2.75) is 12.5 Å². The van der Waals surface area contributed by atoms with Crippen LogP contribution in [0.15, 0.2) is 54.7 Å². The predicted molar refractivity (Wildman–Crippen MR) is 98.3 cm³/mol. The maximum Gasteiger partial charge on any atom is 0.326 e. The lowest BCUT2D eigenvalue weighted by Gasteiger charge is -2.31. The highest BCUT2D eigenvalue weighted by Crippen LogP contribution is 2.36. The lowest BCUT2D eigenvalue weighted by Crippen LogP contribution is -2.37. The molecule has 0 saturated heterocycles. The number of allylic oxidation sites excluding steroid dienone is 1. The molecule has 0 radical (unpaired) electrons. The number of para-hydroxylation sites is 1. The molecule has 1 aliphatic heterocycles. The number of benzene rings is 2. The number of urea groups is 1. The topological polar surface area (TPSA) is 67.9 Å².